The average molecular weight is 384 g/mol. The zero-order chi connectivity index (χ0) is 20.1. The van der Waals surface area contributed by atoms with E-state index in [-0.39, 0.29) is 12.4 Å². The third kappa shape index (κ3) is 3.71. The number of hydrogen-bond acceptors (Lipinski definition) is 3. The fraction of sp³-hybridized carbons (Fsp3) is 0.0800. The van der Waals surface area contributed by atoms with Crippen molar-refractivity contribution in [1.29, 1.82) is 0 Å². The highest BCUT2D eigenvalue weighted by atomic mass is 16.5. The van der Waals surface area contributed by atoms with E-state index in [1.165, 1.54) is 6.07 Å². The van der Waals surface area contributed by atoms with Gasteiger partial charge in [-0.1, -0.05) is 91.0 Å². The van der Waals surface area contributed by atoms with Gasteiger partial charge in [0, 0.05) is 0 Å². The number of ether oxygens (including phenoxy) is 1. The lowest BCUT2D eigenvalue weighted by Crippen LogP contribution is -2.32. The van der Waals surface area contributed by atoms with Gasteiger partial charge in [0.05, 0.1) is 0 Å². The maximum absolute atomic E-state index is 11.1. The number of rotatable bonds is 7. The summed E-state index contributed by atoms with van der Waals surface area (Å²) in [5.41, 5.74) is 2.05. The van der Waals surface area contributed by atoms with Crippen LogP contribution < -0.4 is 0 Å². The van der Waals surface area contributed by atoms with E-state index >= 15 is 0 Å². The first-order valence-electron chi connectivity index (χ1n) is 9.33. The molecule has 144 valence electrons. The van der Waals surface area contributed by atoms with Gasteiger partial charge < -0.3 is 14.3 Å². The number of aromatic carboxylic acids is 1. The van der Waals surface area contributed by atoms with Gasteiger partial charge in [0.15, 0.2) is 0 Å². The molecule has 0 aliphatic carbocycles. The van der Waals surface area contributed by atoms with Crippen LogP contribution in [0.1, 0.15) is 33.0 Å². The van der Waals surface area contributed by atoms with E-state index in [1.54, 1.807) is 6.07 Å². The molecule has 1 heterocycles. The fourth-order valence-corrected chi connectivity index (χ4v) is 3.52. The predicted molar refractivity (Wildman–Crippen MR) is 110 cm³/mol. The van der Waals surface area contributed by atoms with Crippen LogP contribution in [-0.2, 0) is 16.9 Å². The quantitative estimate of drug-likeness (QED) is 0.428. The average Bonchev–Trinajstić information content (AvgIpc) is 3.26. The van der Waals surface area contributed by atoms with Gasteiger partial charge in [-0.2, -0.15) is 0 Å². The summed E-state index contributed by atoms with van der Waals surface area (Å²) in [6.07, 6.45) is 0. The Kier molecular flexibility index (Phi) is 5.27. The number of carbonyl (C=O) groups is 1. The topological polar surface area (TPSA) is 59.7 Å². The van der Waals surface area contributed by atoms with E-state index in [4.69, 9.17) is 14.3 Å². The molecule has 4 aromatic rings. The third-order valence-electron chi connectivity index (χ3n) is 4.84. The lowest BCUT2D eigenvalue weighted by molar-refractivity contribution is -0.00838. The molecule has 4 nitrogen and oxygen atoms in total. The first kappa shape index (κ1) is 18.7. The maximum Gasteiger partial charge on any atom is 0.371 e. The minimum absolute atomic E-state index is 0.103. The van der Waals surface area contributed by atoms with E-state index in [0.717, 1.165) is 16.7 Å². The van der Waals surface area contributed by atoms with Crippen LogP contribution >= 0.6 is 0 Å². The Bertz CT molecular complexity index is 973. The van der Waals surface area contributed by atoms with Crippen LogP contribution in [0.4, 0.5) is 0 Å². The summed E-state index contributed by atoms with van der Waals surface area (Å²) in [4.78, 5) is 11.1. The number of hydrogen-bond donors (Lipinski definition) is 1. The fourth-order valence-electron chi connectivity index (χ4n) is 3.52. The molecule has 29 heavy (non-hydrogen) atoms. The van der Waals surface area contributed by atoms with Gasteiger partial charge in [-0.15, -0.1) is 0 Å². The van der Waals surface area contributed by atoms with Crippen molar-refractivity contribution in [1.82, 2.24) is 0 Å². The SMILES string of the molecule is O=C(O)c1ccc(COC(c2ccccc2)(c2ccccc2)c2ccccc2)o1. The molecule has 0 unspecified atom stereocenters. The van der Waals surface area contributed by atoms with Crippen LogP contribution in [-0.4, -0.2) is 11.1 Å². The summed E-state index contributed by atoms with van der Waals surface area (Å²) in [5, 5.41) is 9.13. The van der Waals surface area contributed by atoms with Gasteiger partial charge in [0.1, 0.15) is 18.0 Å². The first-order valence-corrected chi connectivity index (χ1v) is 9.33. The van der Waals surface area contributed by atoms with E-state index < -0.39 is 11.6 Å². The number of carboxylic acid groups (broad SMARTS) is 1. The van der Waals surface area contributed by atoms with Crippen molar-refractivity contribution < 1.29 is 19.1 Å². The molecule has 0 atom stereocenters. The molecule has 0 saturated heterocycles. The molecule has 4 rings (SSSR count). The summed E-state index contributed by atoms with van der Waals surface area (Å²) in [6.45, 7) is 0.117. The normalized spacial score (nSPS) is 11.3. The highest BCUT2D eigenvalue weighted by molar-refractivity contribution is 5.84. The maximum atomic E-state index is 11.1. The standard InChI is InChI=1S/C25H20O4/c26-24(27)23-17-16-22(29-23)18-28-25(19-10-4-1-5-11-19,20-12-6-2-7-13-20)21-14-8-3-9-15-21/h1-17H,18H2,(H,26,27). The van der Waals surface area contributed by atoms with Crippen LogP contribution in [0.2, 0.25) is 0 Å². The second-order valence-electron chi connectivity index (χ2n) is 6.64. The van der Waals surface area contributed by atoms with E-state index in [9.17, 15) is 4.79 Å². The third-order valence-corrected chi connectivity index (χ3v) is 4.84. The van der Waals surface area contributed by atoms with E-state index in [2.05, 4.69) is 0 Å². The Morgan fingerprint density at radius 2 is 1.17 bits per heavy atom. The monoisotopic (exact) mass is 384 g/mol. The highest BCUT2D eigenvalue weighted by Gasteiger charge is 2.37. The summed E-state index contributed by atoms with van der Waals surface area (Å²) in [5.74, 6) is -0.750. The molecule has 0 fully saturated rings. The predicted octanol–water partition coefficient (Wildman–Crippen LogP) is 5.49. The summed E-state index contributed by atoms with van der Waals surface area (Å²) in [6, 6.07) is 33.1. The van der Waals surface area contributed by atoms with Gasteiger partial charge >= 0.3 is 5.97 Å². The summed E-state index contributed by atoms with van der Waals surface area (Å²) in [7, 11) is 0. The van der Waals surface area contributed by atoms with Crippen LogP contribution in [0, 0.1) is 0 Å². The lowest BCUT2D eigenvalue weighted by atomic mass is 9.80. The molecular formula is C25H20O4. The molecule has 0 aliphatic heterocycles. The molecule has 1 N–H and O–H groups in total. The minimum atomic E-state index is -1.10. The van der Waals surface area contributed by atoms with Gasteiger partial charge in [-0.3, -0.25) is 0 Å². The summed E-state index contributed by atoms with van der Waals surface area (Å²) >= 11 is 0. The van der Waals surface area contributed by atoms with Crippen molar-refractivity contribution in [2.75, 3.05) is 0 Å². The second-order valence-corrected chi connectivity index (χ2v) is 6.64. The van der Waals surface area contributed by atoms with Gasteiger partial charge in [-0.25, -0.2) is 4.79 Å². The molecule has 0 amide bonds. The molecule has 0 spiro atoms. The molecular weight excluding hydrogens is 364 g/mol. The molecule has 0 bridgehead atoms. The van der Waals surface area contributed by atoms with Crippen LogP contribution in [0.15, 0.2) is 108 Å². The Balaban J connectivity index is 1.84. The largest absolute Gasteiger partial charge is 0.475 e. The lowest BCUT2D eigenvalue weighted by Gasteiger charge is -2.35. The smallest absolute Gasteiger partial charge is 0.371 e. The molecule has 1 aromatic heterocycles. The van der Waals surface area contributed by atoms with Gasteiger partial charge in [-0.05, 0) is 28.8 Å². The Morgan fingerprint density at radius 3 is 1.55 bits per heavy atom. The molecule has 3 aromatic carbocycles. The van der Waals surface area contributed by atoms with Gasteiger partial charge in [0.25, 0.3) is 0 Å². The Labute approximate surface area is 169 Å². The van der Waals surface area contributed by atoms with Crippen molar-refractivity contribution in [3.63, 3.8) is 0 Å². The highest BCUT2D eigenvalue weighted by Crippen LogP contribution is 2.41. The van der Waals surface area contributed by atoms with E-state index in [0.29, 0.717) is 5.76 Å². The Morgan fingerprint density at radius 1 is 0.724 bits per heavy atom. The zero-order valence-corrected chi connectivity index (χ0v) is 15.7. The molecule has 0 aliphatic rings. The van der Waals surface area contributed by atoms with Crippen LogP contribution in [0.25, 0.3) is 0 Å². The van der Waals surface area contributed by atoms with Crippen molar-refractivity contribution in [2.24, 2.45) is 0 Å². The van der Waals surface area contributed by atoms with E-state index in [1.807, 2.05) is 91.0 Å². The van der Waals surface area contributed by atoms with Crippen LogP contribution in [0.3, 0.4) is 0 Å². The number of benzene rings is 3. The second kappa shape index (κ2) is 8.17. The van der Waals surface area contributed by atoms with Crippen LogP contribution in [0.5, 0.6) is 0 Å². The molecule has 0 saturated carbocycles. The first-order chi connectivity index (χ1) is 14.2. The Hall–Kier alpha value is -3.63. The molecule has 4 heteroatoms. The zero-order valence-electron chi connectivity index (χ0n) is 15.7. The minimum Gasteiger partial charge on any atom is -0.475 e. The number of carboxylic acids is 1. The number of furan rings is 1. The van der Waals surface area contributed by atoms with Crippen molar-refractivity contribution in [2.45, 2.75) is 12.2 Å². The van der Waals surface area contributed by atoms with Crippen molar-refractivity contribution in [3.8, 4) is 0 Å². The summed E-state index contributed by atoms with van der Waals surface area (Å²) < 4.78 is 12.0. The van der Waals surface area contributed by atoms with Gasteiger partial charge in [0.2, 0.25) is 5.76 Å². The van der Waals surface area contributed by atoms with Crippen molar-refractivity contribution >= 4 is 5.97 Å². The molecule has 0 radical (unpaired) electrons. The van der Waals surface area contributed by atoms with Crippen molar-refractivity contribution in [3.05, 3.63) is 131 Å².